The minimum atomic E-state index is -0.564. The number of esters is 1. The van der Waals surface area contributed by atoms with Crippen LogP contribution in [0.4, 0.5) is 0 Å². The number of hydrogen-bond acceptors (Lipinski definition) is 5. The fraction of sp³-hybridized carbons (Fsp3) is 0.533. The molecule has 2 N–H and O–H groups in total. The smallest absolute Gasteiger partial charge is 0.342 e. The maximum absolute atomic E-state index is 12.2. The Morgan fingerprint density at radius 3 is 2.20 bits per heavy atom. The maximum Gasteiger partial charge on any atom is 0.342 e. The Kier molecular flexibility index (Phi) is 5.39. The van der Waals surface area contributed by atoms with E-state index in [1.54, 1.807) is 19.2 Å². The lowest BCUT2D eigenvalue weighted by Crippen LogP contribution is -2.24. The number of methoxy groups -OCH3 is 2. The van der Waals surface area contributed by atoms with Crippen LogP contribution in [0.1, 0.15) is 36.7 Å². The number of ether oxygens (including phenoxy) is 3. The lowest BCUT2D eigenvalue weighted by atomic mass is 10.1. The van der Waals surface area contributed by atoms with Crippen molar-refractivity contribution in [1.82, 2.24) is 0 Å². The summed E-state index contributed by atoms with van der Waals surface area (Å²) in [5.41, 5.74) is 6.25. The average Bonchev–Trinajstić information content (AvgIpc) is 2.36. The second-order valence-electron chi connectivity index (χ2n) is 5.40. The summed E-state index contributed by atoms with van der Waals surface area (Å²) in [7, 11) is 3.07. The predicted molar refractivity (Wildman–Crippen MR) is 77.5 cm³/mol. The molecule has 0 unspecified atom stereocenters. The minimum Gasteiger partial charge on any atom is -0.496 e. The zero-order valence-corrected chi connectivity index (χ0v) is 12.8. The third-order valence-electron chi connectivity index (χ3n) is 2.64. The first-order valence-electron chi connectivity index (χ1n) is 6.50. The van der Waals surface area contributed by atoms with Gasteiger partial charge in [-0.15, -0.1) is 0 Å². The Balaban J connectivity index is 3.21. The number of nitrogens with two attached hydrogens (primary N) is 1. The van der Waals surface area contributed by atoms with Gasteiger partial charge in [-0.2, -0.15) is 0 Å². The molecule has 0 aliphatic carbocycles. The molecule has 1 aromatic rings. The normalized spacial score (nSPS) is 11.1. The molecule has 0 spiro atoms. The third kappa shape index (κ3) is 4.13. The largest absolute Gasteiger partial charge is 0.496 e. The average molecular weight is 281 g/mol. The molecule has 0 heterocycles. The molecular formula is C15H23NO4. The summed E-state index contributed by atoms with van der Waals surface area (Å²) in [5.74, 6) is 0.632. The SMILES string of the molecule is COc1cc(C(=O)OC(C)(C)C)c(OC)cc1CCN. The van der Waals surface area contributed by atoms with Crippen LogP contribution in [0.15, 0.2) is 12.1 Å². The van der Waals surface area contributed by atoms with Gasteiger partial charge in [0.15, 0.2) is 0 Å². The molecule has 5 nitrogen and oxygen atoms in total. The van der Waals surface area contributed by atoms with Crippen molar-refractivity contribution in [3.05, 3.63) is 23.3 Å². The van der Waals surface area contributed by atoms with Crippen molar-refractivity contribution < 1.29 is 19.0 Å². The van der Waals surface area contributed by atoms with Crippen LogP contribution in [-0.4, -0.2) is 32.3 Å². The molecule has 0 amide bonds. The summed E-state index contributed by atoms with van der Waals surface area (Å²) in [6.45, 7) is 5.94. The van der Waals surface area contributed by atoms with E-state index in [2.05, 4.69) is 0 Å². The molecule has 5 heteroatoms. The van der Waals surface area contributed by atoms with Gasteiger partial charge in [0.2, 0.25) is 0 Å². The molecule has 20 heavy (non-hydrogen) atoms. The lowest BCUT2D eigenvalue weighted by Gasteiger charge is -2.21. The molecule has 112 valence electrons. The van der Waals surface area contributed by atoms with Gasteiger partial charge >= 0.3 is 5.97 Å². The third-order valence-corrected chi connectivity index (χ3v) is 2.64. The number of hydrogen-bond donors (Lipinski definition) is 1. The Hall–Kier alpha value is -1.75. The van der Waals surface area contributed by atoms with Crippen molar-refractivity contribution in [2.45, 2.75) is 32.8 Å². The molecule has 1 aromatic carbocycles. The fourth-order valence-corrected chi connectivity index (χ4v) is 1.80. The summed E-state index contributed by atoms with van der Waals surface area (Å²) in [6, 6.07) is 3.41. The van der Waals surface area contributed by atoms with E-state index in [1.165, 1.54) is 7.11 Å². The van der Waals surface area contributed by atoms with E-state index in [9.17, 15) is 4.79 Å². The highest BCUT2D eigenvalue weighted by atomic mass is 16.6. The van der Waals surface area contributed by atoms with Gasteiger partial charge in [0.1, 0.15) is 22.7 Å². The van der Waals surface area contributed by atoms with Crippen LogP contribution in [0.3, 0.4) is 0 Å². The van der Waals surface area contributed by atoms with Gasteiger partial charge < -0.3 is 19.9 Å². The zero-order chi connectivity index (χ0) is 15.3. The van der Waals surface area contributed by atoms with Crippen LogP contribution < -0.4 is 15.2 Å². The minimum absolute atomic E-state index is 0.347. The Morgan fingerprint density at radius 2 is 1.75 bits per heavy atom. The predicted octanol–water partition coefficient (Wildman–Crippen LogP) is 2.16. The van der Waals surface area contributed by atoms with E-state index >= 15 is 0 Å². The lowest BCUT2D eigenvalue weighted by molar-refractivity contribution is 0.00661. The summed E-state index contributed by atoms with van der Waals surface area (Å²) >= 11 is 0. The first-order valence-corrected chi connectivity index (χ1v) is 6.50. The number of carbonyl (C=O) groups excluding carboxylic acids is 1. The first-order chi connectivity index (χ1) is 9.32. The molecular weight excluding hydrogens is 258 g/mol. The van der Waals surface area contributed by atoms with Crippen LogP contribution in [0, 0.1) is 0 Å². The zero-order valence-electron chi connectivity index (χ0n) is 12.8. The topological polar surface area (TPSA) is 70.8 Å². The molecule has 0 saturated carbocycles. The van der Waals surface area contributed by atoms with Gasteiger partial charge in [-0.05, 0) is 51.4 Å². The maximum atomic E-state index is 12.2. The van der Waals surface area contributed by atoms with Crippen molar-refractivity contribution in [2.75, 3.05) is 20.8 Å². The van der Waals surface area contributed by atoms with Crippen molar-refractivity contribution in [1.29, 1.82) is 0 Å². The van der Waals surface area contributed by atoms with Crippen LogP contribution in [-0.2, 0) is 11.2 Å². The van der Waals surface area contributed by atoms with Crippen molar-refractivity contribution in [2.24, 2.45) is 5.73 Å². The Morgan fingerprint density at radius 1 is 1.15 bits per heavy atom. The Labute approximate surface area is 120 Å². The summed E-state index contributed by atoms with van der Waals surface area (Å²) < 4.78 is 15.9. The second kappa shape index (κ2) is 6.61. The molecule has 0 saturated heterocycles. The standard InChI is InChI=1S/C15H23NO4/c1-15(2,3)20-14(17)11-9-12(18-4)10(6-7-16)8-13(11)19-5/h8-9H,6-7,16H2,1-5H3. The van der Waals surface area contributed by atoms with E-state index in [-0.39, 0.29) is 0 Å². The first kappa shape index (κ1) is 16.3. The molecule has 0 aliphatic heterocycles. The second-order valence-corrected chi connectivity index (χ2v) is 5.40. The number of rotatable bonds is 5. The van der Waals surface area contributed by atoms with Crippen LogP contribution in [0.5, 0.6) is 11.5 Å². The van der Waals surface area contributed by atoms with Crippen molar-refractivity contribution in [3.63, 3.8) is 0 Å². The van der Waals surface area contributed by atoms with Crippen molar-refractivity contribution in [3.8, 4) is 11.5 Å². The van der Waals surface area contributed by atoms with Gasteiger partial charge in [-0.1, -0.05) is 0 Å². The monoisotopic (exact) mass is 281 g/mol. The van der Waals surface area contributed by atoms with E-state index in [0.29, 0.717) is 30.0 Å². The molecule has 0 fully saturated rings. The molecule has 0 aliphatic rings. The van der Waals surface area contributed by atoms with Crippen LogP contribution >= 0.6 is 0 Å². The molecule has 0 aromatic heterocycles. The quantitative estimate of drug-likeness (QED) is 0.837. The number of carbonyl (C=O) groups is 1. The van der Waals surface area contributed by atoms with Crippen LogP contribution in [0.25, 0.3) is 0 Å². The highest BCUT2D eigenvalue weighted by molar-refractivity contribution is 5.93. The van der Waals surface area contributed by atoms with Gasteiger partial charge in [0.05, 0.1) is 14.2 Å². The highest BCUT2D eigenvalue weighted by Crippen LogP contribution is 2.30. The van der Waals surface area contributed by atoms with E-state index < -0.39 is 11.6 Å². The molecule has 0 radical (unpaired) electrons. The fourth-order valence-electron chi connectivity index (χ4n) is 1.80. The molecule has 1 rings (SSSR count). The highest BCUT2D eigenvalue weighted by Gasteiger charge is 2.23. The van der Waals surface area contributed by atoms with E-state index in [1.807, 2.05) is 20.8 Å². The molecule has 0 bridgehead atoms. The number of benzene rings is 1. The van der Waals surface area contributed by atoms with Crippen LogP contribution in [0.2, 0.25) is 0 Å². The van der Waals surface area contributed by atoms with Gasteiger partial charge in [-0.25, -0.2) is 4.79 Å². The summed E-state index contributed by atoms with van der Waals surface area (Å²) in [5, 5.41) is 0. The van der Waals surface area contributed by atoms with Gasteiger partial charge in [0, 0.05) is 0 Å². The van der Waals surface area contributed by atoms with Gasteiger partial charge in [-0.3, -0.25) is 0 Å². The van der Waals surface area contributed by atoms with E-state index in [0.717, 1.165) is 5.56 Å². The Bertz CT molecular complexity index is 477. The molecule has 0 atom stereocenters. The van der Waals surface area contributed by atoms with E-state index in [4.69, 9.17) is 19.9 Å². The van der Waals surface area contributed by atoms with Crippen molar-refractivity contribution >= 4 is 5.97 Å². The summed E-state index contributed by atoms with van der Waals surface area (Å²) in [4.78, 5) is 12.2. The summed E-state index contributed by atoms with van der Waals surface area (Å²) in [6.07, 6.45) is 0.647. The van der Waals surface area contributed by atoms with Gasteiger partial charge in [0.25, 0.3) is 0 Å².